The number of amides is 1. The summed E-state index contributed by atoms with van der Waals surface area (Å²) < 4.78 is 5.59. The summed E-state index contributed by atoms with van der Waals surface area (Å²) >= 11 is 6.19. The number of Topliss-reactive ketones (excluding diaryl/α,β-unsaturated/α-hetero) is 1. The van der Waals surface area contributed by atoms with Crippen molar-refractivity contribution in [2.75, 3.05) is 6.54 Å². The van der Waals surface area contributed by atoms with E-state index in [0.717, 1.165) is 19.3 Å². The van der Waals surface area contributed by atoms with Crippen LogP contribution in [-0.2, 0) is 9.53 Å². The minimum Gasteiger partial charge on any atom is -0.444 e. The maximum Gasteiger partial charge on any atom is 0.411 e. The van der Waals surface area contributed by atoms with Crippen LogP contribution in [0.1, 0.15) is 66.2 Å². The predicted octanol–water partition coefficient (Wildman–Crippen LogP) is 4.30. The zero-order valence-corrected chi connectivity index (χ0v) is 17.1. The van der Waals surface area contributed by atoms with Crippen molar-refractivity contribution >= 4 is 23.5 Å². The van der Waals surface area contributed by atoms with Crippen molar-refractivity contribution in [1.29, 1.82) is 0 Å². The highest BCUT2D eigenvalue weighted by Crippen LogP contribution is 2.39. The number of ketones is 1. The van der Waals surface area contributed by atoms with Crippen molar-refractivity contribution in [3.8, 4) is 0 Å². The monoisotopic (exact) mass is 382 g/mol. The number of hydrogen-bond acceptors (Lipinski definition) is 4. The van der Waals surface area contributed by atoms with Gasteiger partial charge in [0.05, 0.1) is 0 Å². The van der Waals surface area contributed by atoms with Crippen LogP contribution >= 0.6 is 11.6 Å². The second kappa shape index (κ2) is 8.13. The summed E-state index contributed by atoms with van der Waals surface area (Å²) in [6.07, 6.45) is 7.53. The molecule has 1 amide bonds. The lowest BCUT2D eigenvalue weighted by molar-refractivity contribution is -0.126. The Balaban J connectivity index is 2.35. The van der Waals surface area contributed by atoms with Crippen molar-refractivity contribution in [3.63, 3.8) is 0 Å². The fourth-order valence-electron chi connectivity index (χ4n) is 3.65. The van der Waals surface area contributed by atoms with Gasteiger partial charge in [0.15, 0.2) is 5.78 Å². The van der Waals surface area contributed by atoms with E-state index >= 15 is 0 Å². The molecule has 0 spiro atoms. The molecule has 0 bridgehead atoms. The molecule has 1 saturated heterocycles. The summed E-state index contributed by atoms with van der Waals surface area (Å²) in [7, 11) is 0. The molecule has 146 valence electrons. The highest BCUT2D eigenvalue weighted by Gasteiger charge is 2.50. The van der Waals surface area contributed by atoms with Gasteiger partial charge in [-0.25, -0.2) is 4.79 Å². The van der Waals surface area contributed by atoms with Gasteiger partial charge in [-0.1, -0.05) is 37.4 Å². The molecule has 0 aromatic heterocycles. The Labute approximate surface area is 161 Å². The molecule has 1 aliphatic carbocycles. The summed E-state index contributed by atoms with van der Waals surface area (Å²) in [6, 6.07) is -0.259. The molecule has 1 heterocycles. The van der Waals surface area contributed by atoms with Crippen LogP contribution in [-0.4, -0.2) is 40.5 Å². The third-order valence-electron chi connectivity index (χ3n) is 4.97. The molecule has 6 heteroatoms. The Bertz CT molecular complexity index is 621. The number of hydrogen-bond donors (Lipinski definition) is 1. The van der Waals surface area contributed by atoms with Gasteiger partial charge in [-0.15, -0.1) is 0 Å². The van der Waals surface area contributed by atoms with Crippen LogP contribution in [0.4, 0.5) is 4.79 Å². The number of halogens is 1. The maximum atomic E-state index is 13.5. The number of allylic oxidation sites excluding steroid dienone is 1. The van der Waals surface area contributed by atoms with Crippen molar-refractivity contribution in [2.45, 2.75) is 83.4 Å². The molecular formula is C20H31ClN2O3. The van der Waals surface area contributed by atoms with Gasteiger partial charge in [0.25, 0.3) is 0 Å². The van der Waals surface area contributed by atoms with E-state index in [1.54, 1.807) is 11.0 Å². The van der Waals surface area contributed by atoms with Gasteiger partial charge >= 0.3 is 6.09 Å². The number of carbonyl (C=O) groups is 2. The lowest BCUT2D eigenvalue weighted by atomic mass is 9.80. The van der Waals surface area contributed by atoms with Gasteiger partial charge in [0.2, 0.25) is 0 Å². The van der Waals surface area contributed by atoms with Crippen molar-refractivity contribution in [2.24, 2.45) is 5.73 Å². The minimum absolute atomic E-state index is 0.0423. The zero-order valence-electron chi connectivity index (χ0n) is 16.3. The highest BCUT2D eigenvalue weighted by molar-refractivity contribution is 6.31. The number of likely N-dealkylation sites (tertiary alicyclic amines) is 1. The molecule has 2 rings (SSSR count). The molecule has 0 aromatic carbocycles. The van der Waals surface area contributed by atoms with Crippen LogP contribution in [0.25, 0.3) is 0 Å². The van der Waals surface area contributed by atoms with Gasteiger partial charge in [-0.05, 0) is 52.5 Å². The van der Waals surface area contributed by atoms with Crippen LogP contribution in [0.2, 0.25) is 0 Å². The zero-order chi connectivity index (χ0) is 19.5. The van der Waals surface area contributed by atoms with Crippen molar-refractivity contribution in [3.05, 3.63) is 22.8 Å². The van der Waals surface area contributed by atoms with Crippen molar-refractivity contribution in [1.82, 2.24) is 4.90 Å². The second-order valence-electron chi connectivity index (χ2n) is 8.23. The average Bonchev–Trinajstić information content (AvgIpc) is 2.98. The number of carbonyl (C=O) groups excluding carboxylic acids is 2. The molecule has 2 atom stereocenters. The minimum atomic E-state index is -0.848. The standard InChI is InChI=1S/C20H31ClN2O3/c1-5-6-10-20(17(24)14-8-9-16(22)15(21)13-14)11-7-12-23(20)18(25)26-19(2,3)4/h8,13,16H,5-7,9-12,22H2,1-4H3. The number of ether oxygens (including phenoxy) is 1. The van der Waals surface area contributed by atoms with Gasteiger partial charge < -0.3 is 10.5 Å². The SMILES string of the molecule is CCCCC1(C(=O)C2=CCC(N)C(Cl)=C2)CCCN1C(=O)OC(C)(C)C. The quantitative estimate of drug-likeness (QED) is 0.769. The average molecular weight is 383 g/mol. The third kappa shape index (κ3) is 4.49. The van der Waals surface area contributed by atoms with E-state index in [4.69, 9.17) is 22.1 Å². The molecule has 0 saturated carbocycles. The van der Waals surface area contributed by atoms with E-state index < -0.39 is 17.2 Å². The molecule has 0 radical (unpaired) electrons. The van der Waals surface area contributed by atoms with Gasteiger partial charge in [0.1, 0.15) is 11.1 Å². The molecule has 0 aromatic rings. The Kier molecular flexibility index (Phi) is 6.56. The molecule has 5 nitrogen and oxygen atoms in total. The van der Waals surface area contributed by atoms with E-state index in [1.165, 1.54) is 0 Å². The first kappa shape index (κ1) is 21.0. The fraction of sp³-hybridized carbons (Fsp3) is 0.700. The number of nitrogens with two attached hydrogens (primary N) is 1. The smallest absolute Gasteiger partial charge is 0.411 e. The Morgan fingerprint density at radius 2 is 2.12 bits per heavy atom. The molecule has 2 unspecified atom stereocenters. The Morgan fingerprint density at radius 3 is 2.69 bits per heavy atom. The van der Waals surface area contributed by atoms with Gasteiger partial charge in [0, 0.05) is 23.2 Å². The summed E-state index contributed by atoms with van der Waals surface area (Å²) in [5.41, 5.74) is 5.02. The van der Waals surface area contributed by atoms with Crippen molar-refractivity contribution < 1.29 is 14.3 Å². The first-order chi connectivity index (χ1) is 12.1. The van der Waals surface area contributed by atoms with Crippen LogP contribution in [0.3, 0.4) is 0 Å². The largest absolute Gasteiger partial charge is 0.444 e. The molecule has 1 fully saturated rings. The maximum absolute atomic E-state index is 13.5. The van der Waals surface area contributed by atoms with Crippen LogP contribution in [0, 0.1) is 0 Å². The van der Waals surface area contributed by atoms with E-state index in [-0.39, 0.29) is 11.8 Å². The molecular weight excluding hydrogens is 352 g/mol. The van der Waals surface area contributed by atoms with Crippen LogP contribution in [0.5, 0.6) is 0 Å². The Morgan fingerprint density at radius 1 is 1.42 bits per heavy atom. The molecule has 26 heavy (non-hydrogen) atoms. The normalized spacial score (nSPS) is 26.4. The summed E-state index contributed by atoms with van der Waals surface area (Å²) in [5, 5.41) is 0.489. The van der Waals surface area contributed by atoms with E-state index in [9.17, 15) is 9.59 Å². The number of unbranched alkanes of at least 4 members (excludes halogenated alkanes) is 1. The lowest BCUT2D eigenvalue weighted by Crippen LogP contribution is -2.54. The van der Waals surface area contributed by atoms with E-state index in [2.05, 4.69) is 6.92 Å². The first-order valence-corrected chi connectivity index (χ1v) is 9.87. The summed E-state index contributed by atoms with van der Waals surface area (Å²) in [5.74, 6) is -0.0423. The molecule has 1 aliphatic heterocycles. The number of rotatable bonds is 5. The summed E-state index contributed by atoms with van der Waals surface area (Å²) in [6.45, 7) is 8.13. The second-order valence-corrected chi connectivity index (χ2v) is 8.67. The van der Waals surface area contributed by atoms with Gasteiger partial charge in [-0.2, -0.15) is 0 Å². The first-order valence-electron chi connectivity index (χ1n) is 9.49. The summed E-state index contributed by atoms with van der Waals surface area (Å²) in [4.78, 5) is 28.0. The van der Waals surface area contributed by atoms with E-state index in [1.807, 2.05) is 26.8 Å². The Hall–Kier alpha value is -1.33. The highest BCUT2D eigenvalue weighted by atomic mass is 35.5. The van der Waals surface area contributed by atoms with E-state index in [0.29, 0.717) is 36.4 Å². The van der Waals surface area contributed by atoms with Crippen LogP contribution in [0.15, 0.2) is 22.8 Å². The molecule has 2 aliphatic rings. The fourth-order valence-corrected chi connectivity index (χ4v) is 3.86. The molecule has 2 N–H and O–H groups in total. The number of nitrogens with zero attached hydrogens (tertiary/aromatic N) is 1. The third-order valence-corrected chi connectivity index (χ3v) is 5.36. The van der Waals surface area contributed by atoms with Gasteiger partial charge in [-0.3, -0.25) is 9.69 Å². The predicted molar refractivity (Wildman–Crippen MR) is 104 cm³/mol. The van der Waals surface area contributed by atoms with Crippen LogP contribution < -0.4 is 5.73 Å². The lowest BCUT2D eigenvalue weighted by Gasteiger charge is -2.38. The topological polar surface area (TPSA) is 72.6 Å².